The number of amides is 3. The molecule has 9 heteroatoms. The number of thioether (sulfide) groups is 1. The molecule has 140 valence electrons. The Balaban J connectivity index is 1.71. The van der Waals surface area contributed by atoms with Crippen LogP contribution < -0.4 is 10.6 Å². The second-order valence-electron chi connectivity index (χ2n) is 6.50. The summed E-state index contributed by atoms with van der Waals surface area (Å²) in [4.78, 5) is 40.5. The Hall–Kier alpha value is -2.23. The highest BCUT2D eigenvalue weighted by molar-refractivity contribution is 8.26. The summed E-state index contributed by atoms with van der Waals surface area (Å²) in [6.07, 6.45) is 1.82. The highest BCUT2D eigenvalue weighted by Crippen LogP contribution is 2.44. The second-order valence-corrected chi connectivity index (χ2v) is 8.14. The van der Waals surface area contributed by atoms with Crippen molar-refractivity contribution in [3.05, 3.63) is 34.7 Å². The molecule has 0 bridgehead atoms. The zero-order valence-electron chi connectivity index (χ0n) is 14.3. The topological polar surface area (TPSA) is 92.9 Å². The number of rotatable bonds is 4. The lowest BCUT2D eigenvalue weighted by Crippen LogP contribution is -2.37. The van der Waals surface area contributed by atoms with Gasteiger partial charge in [0.25, 0.3) is 11.8 Å². The van der Waals surface area contributed by atoms with Gasteiger partial charge < -0.3 is 10.5 Å². The van der Waals surface area contributed by atoms with Gasteiger partial charge in [-0.25, -0.2) is 0 Å². The van der Waals surface area contributed by atoms with Crippen LogP contribution in [0.3, 0.4) is 0 Å². The maximum Gasteiger partial charge on any atom is 0.267 e. The number of nitrogens with zero attached hydrogens (tertiary/aromatic N) is 2. The van der Waals surface area contributed by atoms with Gasteiger partial charge in [0, 0.05) is 12.2 Å². The number of benzene rings is 1. The summed E-state index contributed by atoms with van der Waals surface area (Å²) in [5.41, 5.74) is 6.75. The number of thiocarbonyl (C=S) groups is 1. The third-order valence-corrected chi connectivity index (χ3v) is 6.17. The van der Waals surface area contributed by atoms with E-state index in [2.05, 4.69) is 0 Å². The van der Waals surface area contributed by atoms with E-state index in [4.69, 9.17) is 22.7 Å². The highest BCUT2D eigenvalue weighted by Gasteiger charge is 2.42. The van der Waals surface area contributed by atoms with E-state index in [1.54, 1.807) is 24.3 Å². The number of para-hydroxylation sites is 1. The number of fused-ring (bicyclic) bond motifs is 1. The Bertz CT molecular complexity index is 892. The van der Waals surface area contributed by atoms with Gasteiger partial charge in [-0.2, -0.15) is 0 Å². The first-order valence-electron chi connectivity index (χ1n) is 8.56. The molecule has 27 heavy (non-hydrogen) atoms. The maximum atomic E-state index is 13.0. The van der Waals surface area contributed by atoms with E-state index in [9.17, 15) is 14.4 Å². The molecule has 0 spiro atoms. The molecule has 4 rings (SSSR count). The van der Waals surface area contributed by atoms with Crippen LogP contribution in [0.1, 0.15) is 18.4 Å². The minimum atomic E-state index is -0.620. The van der Waals surface area contributed by atoms with E-state index in [1.165, 1.54) is 9.80 Å². The van der Waals surface area contributed by atoms with Crippen molar-refractivity contribution in [3.8, 4) is 0 Å². The van der Waals surface area contributed by atoms with Crippen LogP contribution >= 0.6 is 24.0 Å². The molecule has 0 radical (unpaired) electrons. The van der Waals surface area contributed by atoms with Crippen molar-refractivity contribution >= 4 is 57.3 Å². The molecule has 3 heterocycles. The zero-order chi connectivity index (χ0) is 19.1. The summed E-state index contributed by atoms with van der Waals surface area (Å²) >= 11 is 6.50. The fourth-order valence-electron chi connectivity index (χ4n) is 3.51. The quantitative estimate of drug-likeness (QED) is 0.601. The first-order chi connectivity index (χ1) is 13.0. The predicted octanol–water partition coefficient (Wildman–Crippen LogP) is 1.27. The van der Waals surface area contributed by atoms with Gasteiger partial charge in [-0.1, -0.05) is 42.2 Å². The Morgan fingerprint density at radius 1 is 1.26 bits per heavy atom. The van der Waals surface area contributed by atoms with Gasteiger partial charge in [0.1, 0.15) is 10.9 Å². The van der Waals surface area contributed by atoms with Crippen molar-refractivity contribution in [3.63, 3.8) is 0 Å². The third-order valence-electron chi connectivity index (χ3n) is 4.72. The number of hydrogen-bond acceptors (Lipinski definition) is 6. The first kappa shape index (κ1) is 18.1. The minimum absolute atomic E-state index is 0.0326. The van der Waals surface area contributed by atoms with Gasteiger partial charge in [-0.15, -0.1) is 0 Å². The van der Waals surface area contributed by atoms with Crippen molar-refractivity contribution < 1.29 is 19.1 Å². The number of carbonyl (C=O) groups excluding carboxylic acids is 3. The van der Waals surface area contributed by atoms with Crippen molar-refractivity contribution in [2.45, 2.75) is 18.9 Å². The van der Waals surface area contributed by atoms with Gasteiger partial charge >= 0.3 is 0 Å². The van der Waals surface area contributed by atoms with Crippen LogP contribution in [0.5, 0.6) is 0 Å². The molecule has 1 aromatic rings. The first-order valence-corrected chi connectivity index (χ1v) is 9.79. The second kappa shape index (κ2) is 7.06. The summed E-state index contributed by atoms with van der Waals surface area (Å²) in [6.45, 7) is 0.840. The Morgan fingerprint density at radius 2 is 2.04 bits per heavy atom. The molecule has 2 fully saturated rings. The molecule has 1 atom stereocenters. The molecule has 3 aliphatic rings. The average Bonchev–Trinajstić information content (AvgIpc) is 3.31. The molecular formula is C18H17N3O4S2. The SMILES string of the molecule is NC(=O)CN1C(=O)/C(=C2\SC(=S)N(CC3CCCO3)C2=O)c2ccccc21. The molecule has 3 amide bonds. The highest BCUT2D eigenvalue weighted by atomic mass is 32.2. The number of ether oxygens (including phenoxy) is 1. The molecule has 3 aliphatic heterocycles. The fraction of sp³-hybridized carbons (Fsp3) is 0.333. The molecule has 0 saturated carbocycles. The van der Waals surface area contributed by atoms with Gasteiger partial charge in [0.2, 0.25) is 5.91 Å². The summed E-state index contributed by atoms with van der Waals surface area (Å²) in [5.74, 6) is -1.32. The monoisotopic (exact) mass is 403 g/mol. The van der Waals surface area contributed by atoms with Crippen LogP contribution in [0.4, 0.5) is 5.69 Å². The number of carbonyl (C=O) groups is 3. The molecule has 1 aromatic carbocycles. The van der Waals surface area contributed by atoms with Gasteiger partial charge in [0.15, 0.2) is 0 Å². The van der Waals surface area contributed by atoms with Gasteiger partial charge in [-0.05, 0) is 18.9 Å². The maximum absolute atomic E-state index is 13.0. The summed E-state index contributed by atoms with van der Waals surface area (Å²) in [6, 6.07) is 7.05. The fourth-order valence-corrected chi connectivity index (χ4v) is 4.86. The molecule has 1 unspecified atom stereocenters. The number of hydrogen-bond donors (Lipinski definition) is 1. The summed E-state index contributed by atoms with van der Waals surface area (Å²) in [7, 11) is 0. The number of nitrogens with two attached hydrogens (primary N) is 1. The van der Waals surface area contributed by atoms with Crippen LogP contribution in [0.15, 0.2) is 29.2 Å². The van der Waals surface area contributed by atoms with E-state index < -0.39 is 11.8 Å². The van der Waals surface area contributed by atoms with Crippen LogP contribution in [0, 0.1) is 0 Å². The van der Waals surface area contributed by atoms with E-state index >= 15 is 0 Å². The van der Waals surface area contributed by atoms with Gasteiger partial charge in [-0.3, -0.25) is 24.2 Å². The Morgan fingerprint density at radius 3 is 2.74 bits per heavy atom. The molecule has 2 N–H and O–H groups in total. The number of primary amides is 1. The molecule has 7 nitrogen and oxygen atoms in total. The largest absolute Gasteiger partial charge is 0.376 e. The Labute approximate surface area is 165 Å². The number of anilines is 1. The summed E-state index contributed by atoms with van der Waals surface area (Å²) < 4.78 is 6.02. The van der Waals surface area contributed by atoms with Crippen LogP contribution in [0.25, 0.3) is 5.57 Å². The lowest BCUT2D eigenvalue weighted by Gasteiger charge is -2.18. The standard InChI is InChI=1S/C18H17N3O4S2/c19-13(22)9-20-12-6-2-1-5-11(12)14(16(20)23)15-17(24)21(18(26)27-15)8-10-4-3-7-25-10/h1-2,5-6,10H,3-4,7-9H2,(H2,19,22)/b15-14-. The van der Waals surface area contributed by atoms with E-state index in [0.717, 1.165) is 24.6 Å². The molecule has 2 saturated heterocycles. The predicted molar refractivity (Wildman–Crippen MR) is 106 cm³/mol. The molecule has 0 aromatic heterocycles. The lowest BCUT2D eigenvalue weighted by molar-refractivity contribution is -0.123. The third kappa shape index (κ3) is 3.15. The van der Waals surface area contributed by atoms with Gasteiger partial charge in [0.05, 0.1) is 28.8 Å². The van der Waals surface area contributed by atoms with E-state index in [-0.39, 0.29) is 24.1 Å². The van der Waals surface area contributed by atoms with Crippen LogP contribution in [-0.4, -0.2) is 52.7 Å². The van der Waals surface area contributed by atoms with Crippen molar-refractivity contribution in [2.24, 2.45) is 5.73 Å². The normalized spacial score (nSPS) is 24.9. The summed E-state index contributed by atoms with van der Waals surface area (Å²) in [5, 5.41) is 0. The van der Waals surface area contributed by atoms with Crippen LogP contribution in [-0.2, 0) is 19.1 Å². The Kier molecular flexibility index (Phi) is 4.75. The van der Waals surface area contributed by atoms with Crippen molar-refractivity contribution in [1.82, 2.24) is 4.90 Å². The smallest absolute Gasteiger partial charge is 0.267 e. The zero-order valence-corrected chi connectivity index (χ0v) is 16.0. The van der Waals surface area contributed by atoms with E-state index in [0.29, 0.717) is 33.6 Å². The molecular weight excluding hydrogens is 386 g/mol. The average molecular weight is 403 g/mol. The van der Waals surface area contributed by atoms with Crippen LogP contribution in [0.2, 0.25) is 0 Å². The lowest BCUT2D eigenvalue weighted by atomic mass is 10.1. The van der Waals surface area contributed by atoms with Crippen molar-refractivity contribution in [2.75, 3.05) is 24.6 Å². The molecule has 0 aliphatic carbocycles. The van der Waals surface area contributed by atoms with Crippen molar-refractivity contribution in [1.29, 1.82) is 0 Å². The minimum Gasteiger partial charge on any atom is -0.376 e. The van der Waals surface area contributed by atoms with E-state index in [1.807, 2.05) is 0 Å².